The molecule has 6 heteroatoms. The van der Waals surface area contributed by atoms with Crippen LogP contribution < -0.4 is 5.32 Å². The SMILES string of the molecule is CC(C)(C)OC(=O)NC(c1ccccc1)N1CCN(C=O)CC1. The molecule has 1 heterocycles. The van der Waals surface area contributed by atoms with Crippen LogP contribution in [0.4, 0.5) is 4.79 Å². The number of carbonyl (C=O) groups is 2. The number of nitrogens with one attached hydrogen (secondary N) is 1. The van der Waals surface area contributed by atoms with E-state index >= 15 is 0 Å². The fourth-order valence-corrected chi connectivity index (χ4v) is 2.54. The second kappa shape index (κ2) is 7.46. The van der Waals surface area contributed by atoms with Gasteiger partial charge in [-0.25, -0.2) is 4.79 Å². The Morgan fingerprint density at radius 3 is 2.30 bits per heavy atom. The van der Waals surface area contributed by atoms with Crippen molar-refractivity contribution in [3.8, 4) is 0 Å². The van der Waals surface area contributed by atoms with E-state index in [1.54, 1.807) is 4.90 Å². The lowest BCUT2D eigenvalue weighted by Crippen LogP contribution is -2.51. The van der Waals surface area contributed by atoms with Gasteiger partial charge in [-0.15, -0.1) is 0 Å². The molecule has 0 spiro atoms. The number of ether oxygens (including phenoxy) is 1. The smallest absolute Gasteiger partial charge is 0.409 e. The summed E-state index contributed by atoms with van der Waals surface area (Å²) in [5.41, 5.74) is 0.458. The van der Waals surface area contributed by atoms with Gasteiger partial charge in [-0.1, -0.05) is 30.3 Å². The Morgan fingerprint density at radius 2 is 1.78 bits per heavy atom. The maximum atomic E-state index is 12.2. The van der Waals surface area contributed by atoms with E-state index in [0.29, 0.717) is 26.2 Å². The van der Waals surface area contributed by atoms with Crippen LogP contribution in [-0.4, -0.2) is 54.1 Å². The van der Waals surface area contributed by atoms with E-state index in [9.17, 15) is 9.59 Å². The van der Waals surface area contributed by atoms with Gasteiger partial charge in [0.15, 0.2) is 0 Å². The molecule has 1 aromatic carbocycles. The molecule has 1 aliphatic rings. The average Bonchev–Trinajstić information content (AvgIpc) is 2.52. The highest BCUT2D eigenvalue weighted by Gasteiger charge is 2.27. The quantitative estimate of drug-likeness (QED) is 0.862. The van der Waals surface area contributed by atoms with Crippen molar-refractivity contribution >= 4 is 12.5 Å². The van der Waals surface area contributed by atoms with E-state index in [-0.39, 0.29) is 6.17 Å². The Balaban J connectivity index is 2.10. The summed E-state index contributed by atoms with van der Waals surface area (Å²) in [6.45, 7) is 8.24. The first-order valence-corrected chi connectivity index (χ1v) is 7.87. The molecule has 2 rings (SSSR count). The third-order valence-corrected chi connectivity index (χ3v) is 3.63. The highest BCUT2D eigenvalue weighted by molar-refractivity contribution is 5.68. The first-order valence-electron chi connectivity index (χ1n) is 7.87. The standard InChI is InChI=1S/C17H25N3O3/c1-17(2,3)23-16(22)18-15(14-7-5-4-6-8-14)20-11-9-19(13-21)10-12-20/h4-8,13,15H,9-12H2,1-3H3,(H,18,22). The molecule has 1 atom stereocenters. The van der Waals surface area contributed by atoms with Crippen molar-refractivity contribution < 1.29 is 14.3 Å². The van der Waals surface area contributed by atoms with E-state index in [1.807, 2.05) is 51.1 Å². The Bertz CT molecular complexity index is 520. The van der Waals surface area contributed by atoms with Crippen molar-refractivity contribution in [2.24, 2.45) is 0 Å². The Kier molecular flexibility index (Phi) is 5.60. The van der Waals surface area contributed by atoms with Gasteiger partial charge in [-0.2, -0.15) is 0 Å². The summed E-state index contributed by atoms with van der Waals surface area (Å²) in [4.78, 5) is 26.9. The van der Waals surface area contributed by atoms with Gasteiger partial charge in [0.25, 0.3) is 0 Å². The van der Waals surface area contributed by atoms with E-state index in [0.717, 1.165) is 12.0 Å². The number of hydrogen-bond donors (Lipinski definition) is 1. The van der Waals surface area contributed by atoms with E-state index in [4.69, 9.17) is 4.74 Å². The van der Waals surface area contributed by atoms with Crippen molar-refractivity contribution in [1.29, 1.82) is 0 Å². The highest BCUT2D eigenvalue weighted by atomic mass is 16.6. The first-order chi connectivity index (χ1) is 10.9. The van der Waals surface area contributed by atoms with Gasteiger partial charge in [-0.3, -0.25) is 9.69 Å². The molecule has 0 aromatic heterocycles. The molecule has 6 nitrogen and oxygen atoms in total. The molecule has 23 heavy (non-hydrogen) atoms. The average molecular weight is 319 g/mol. The minimum atomic E-state index is -0.540. The number of carbonyl (C=O) groups excluding carboxylic acids is 2. The summed E-state index contributed by atoms with van der Waals surface area (Å²) in [5.74, 6) is 0. The minimum absolute atomic E-state index is 0.264. The topological polar surface area (TPSA) is 61.9 Å². The van der Waals surface area contributed by atoms with Gasteiger partial charge >= 0.3 is 6.09 Å². The van der Waals surface area contributed by atoms with Crippen LogP contribution in [0.25, 0.3) is 0 Å². The van der Waals surface area contributed by atoms with E-state index in [2.05, 4.69) is 10.2 Å². The third kappa shape index (κ3) is 5.25. The molecule has 0 saturated carbocycles. The molecule has 1 saturated heterocycles. The predicted molar refractivity (Wildman–Crippen MR) is 87.8 cm³/mol. The molecule has 1 aromatic rings. The van der Waals surface area contributed by atoms with Crippen molar-refractivity contribution in [2.75, 3.05) is 26.2 Å². The second-order valence-electron chi connectivity index (χ2n) is 6.64. The normalized spacial score (nSPS) is 17.4. The van der Waals surface area contributed by atoms with Crippen molar-refractivity contribution in [3.05, 3.63) is 35.9 Å². The molecular weight excluding hydrogens is 294 g/mol. The third-order valence-electron chi connectivity index (χ3n) is 3.63. The van der Waals surface area contributed by atoms with Crippen LogP contribution in [-0.2, 0) is 9.53 Å². The van der Waals surface area contributed by atoms with Crippen LogP contribution in [0.3, 0.4) is 0 Å². The van der Waals surface area contributed by atoms with Gasteiger partial charge in [0.2, 0.25) is 6.41 Å². The summed E-state index contributed by atoms with van der Waals surface area (Å²) in [6.07, 6.45) is 0.167. The maximum absolute atomic E-state index is 12.2. The summed E-state index contributed by atoms with van der Waals surface area (Å²) >= 11 is 0. The largest absolute Gasteiger partial charge is 0.444 e. The number of piperazine rings is 1. The monoisotopic (exact) mass is 319 g/mol. The number of hydrogen-bond acceptors (Lipinski definition) is 4. The zero-order valence-corrected chi connectivity index (χ0v) is 14.0. The van der Waals surface area contributed by atoms with Gasteiger partial charge in [-0.05, 0) is 26.3 Å². The van der Waals surface area contributed by atoms with Gasteiger partial charge in [0, 0.05) is 26.2 Å². The van der Waals surface area contributed by atoms with Crippen molar-refractivity contribution in [3.63, 3.8) is 0 Å². The number of alkyl carbamates (subject to hydrolysis) is 1. The number of benzene rings is 1. The lowest BCUT2D eigenvalue weighted by atomic mass is 10.1. The van der Waals surface area contributed by atoms with Crippen molar-refractivity contribution in [1.82, 2.24) is 15.1 Å². The minimum Gasteiger partial charge on any atom is -0.444 e. The zero-order chi connectivity index (χ0) is 16.9. The Hall–Kier alpha value is -2.08. The number of rotatable bonds is 4. The fraction of sp³-hybridized carbons (Fsp3) is 0.529. The predicted octanol–water partition coefficient (Wildman–Crippen LogP) is 1.98. The fourth-order valence-electron chi connectivity index (χ4n) is 2.54. The molecule has 0 aliphatic carbocycles. The number of nitrogens with zero attached hydrogens (tertiary/aromatic N) is 2. The first kappa shape index (κ1) is 17.3. The molecule has 126 valence electrons. The zero-order valence-electron chi connectivity index (χ0n) is 14.0. The summed E-state index contributed by atoms with van der Waals surface area (Å²) < 4.78 is 5.38. The summed E-state index contributed by atoms with van der Waals surface area (Å²) in [5, 5.41) is 2.95. The molecule has 0 bridgehead atoms. The van der Waals surface area contributed by atoms with Crippen LogP contribution in [0.1, 0.15) is 32.5 Å². The van der Waals surface area contributed by atoms with Gasteiger partial charge in [0.05, 0.1) is 0 Å². The molecular formula is C17H25N3O3. The lowest BCUT2D eigenvalue weighted by molar-refractivity contribution is -0.120. The summed E-state index contributed by atoms with van der Waals surface area (Å²) in [6, 6.07) is 9.79. The van der Waals surface area contributed by atoms with Gasteiger partial charge in [0.1, 0.15) is 11.8 Å². The molecule has 2 amide bonds. The van der Waals surface area contributed by atoms with Gasteiger partial charge < -0.3 is 15.0 Å². The molecule has 1 aliphatic heterocycles. The van der Waals surface area contributed by atoms with Crippen LogP contribution >= 0.6 is 0 Å². The van der Waals surface area contributed by atoms with E-state index in [1.165, 1.54) is 0 Å². The highest BCUT2D eigenvalue weighted by Crippen LogP contribution is 2.20. The molecule has 0 radical (unpaired) electrons. The van der Waals surface area contributed by atoms with Crippen LogP contribution in [0.2, 0.25) is 0 Å². The lowest BCUT2D eigenvalue weighted by Gasteiger charge is -2.38. The Labute approximate surface area is 137 Å². The van der Waals surface area contributed by atoms with Crippen molar-refractivity contribution in [2.45, 2.75) is 32.5 Å². The van der Waals surface area contributed by atoms with Crippen LogP contribution in [0.15, 0.2) is 30.3 Å². The summed E-state index contributed by atoms with van der Waals surface area (Å²) in [7, 11) is 0. The van der Waals surface area contributed by atoms with E-state index < -0.39 is 11.7 Å². The van der Waals surface area contributed by atoms with Crippen LogP contribution in [0.5, 0.6) is 0 Å². The second-order valence-corrected chi connectivity index (χ2v) is 6.64. The Morgan fingerprint density at radius 1 is 1.17 bits per heavy atom. The molecule has 1 fully saturated rings. The number of amides is 2. The molecule has 1 unspecified atom stereocenters. The maximum Gasteiger partial charge on any atom is 0.409 e. The molecule has 1 N–H and O–H groups in total. The van der Waals surface area contributed by atoms with Crippen LogP contribution in [0, 0.1) is 0 Å².